The fourth-order valence-corrected chi connectivity index (χ4v) is 1.32. The molecule has 0 saturated carbocycles. The van der Waals surface area contributed by atoms with Crippen LogP contribution in [0.1, 0.15) is 22.3 Å². The van der Waals surface area contributed by atoms with Gasteiger partial charge in [0.2, 0.25) is 0 Å². The number of pyridine rings is 1. The van der Waals surface area contributed by atoms with Crippen LogP contribution in [-0.2, 0) is 4.74 Å². The Labute approximate surface area is 112 Å². The summed E-state index contributed by atoms with van der Waals surface area (Å²) in [5, 5.41) is 10.6. The first kappa shape index (κ1) is 16.5. The first-order chi connectivity index (χ1) is 9.56. The molecule has 1 rings (SSSR count). The Hall–Kier alpha value is -2.53. The van der Waals surface area contributed by atoms with Gasteiger partial charge < -0.3 is 19.6 Å². The van der Waals surface area contributed by atoms with Crippen LogP contribution in [0.25, 0.3) is 0 Å². The van der Waals surface area contributed by atoms with Gasteiger partial charge in [-0.1, -0.05) is 0 Å². The molecule has 0 aliphatic carbocycles. The molecule has 12 heteroatoms. The van der Waals surface area contributed by atoms with Gasteiger partial charge in [-0.15, -0.1) is 13.2 Å². The van der Waals surface area contributed by atoms with Crippen LogP contribution in [0.4, 0.5) is 27.8 Å². The van der Waals surface area contributed by atoms with Crippen molar-refractivity contribution in [2.24, 2.45) is 0 Å². The number of nitro groups is 1. The molecule has 0 aromatic carbocycles. The highest BCUT2D eigenvalue weighted by Gasteiger charge is 2.38. The van der Waals surface area contributed by atoms with E-state index < -0.39 is 46.5 Å². The number of hydrogen-bond donors (Lipinski definition) is 0. The molecular formula is C9H5F5N2O5. The van der Waals surface area contributed by atoms with E-state index in [4.69, 9.17) is 0 Å². The summed E-state index contributed by atoms with van der Waals surface area (Å²) in [4.78, 5) is 23.2. The lowest BCUT2D eigenvalue weighted by Gasteiger charge is -2.10. The fourth-order valence-electron chi connectivity index (χ4n) is 1.32. The Morgan fingerprint density at radius 3 is 2.38 bits per heavy atom. The van der Waals surface area contributed by atoms with Crippen LogP contribution >= 0.6 is 0 Å². The summed E-state index contributed by atoms with van der Waals surface area (Å²) >= 11 is 0. The van der Waals surface area contributed by atoms with E-state index in [1.54, 1.807) is 0 Å². The molecule has 0 amide bonds. The minimum absolute atomic E-state index is 0.188. The zero-order valence-corrected chi connectivity index (χ0v) is 9.98. The average Bonchev–Trinajstić information content (AvgIpc) is 2.34. The zero-order chi connectivity index (χ0) is 16.4. The molecule has 0 bridgehead atoms. The molecule has 1 heterocycles. The topological polar surface area (TPSA) is 91.6 Å². The number of alkyl halides is 5. The van der Waals surface area contributed by atoms with E-state index in [1.807, 2.05) is 0 Å². The lowest BCUT2D eigenvalue weighted by Crippen LogP contribution is -2.19. The number of carbonyl (C=O) groups is 1. The number of nitrogens with zero attached hydrogens (tertiary/aromatic N) is 2. The van der Waals surface area contributed by atoms with E-state index in [-0.39, 0.29) is 6.07 Å². The van der Waals surface area contributed by atoms with Crippen molar-refractivity contribution in [1.82, 2.24) is 4.98 Å². The maximum atomic E-state index is 12.8. The van der Waals surface area contributed by atoms with Gasteiger partial charge in [0.05, 0.1) is 12.7 Å². The molecule has 0 atom stereocenters. The fraction of sp³-hybridized carbons (Fsp3) is 0.333. The number of esters is 1. The third-order valence-corrected chi connectivity index (χ3v) is 2.03. The van der Waals surface area contributed by atoms with Crippen molar-refractivity contribution in [3.05, 3.63) is 27.3 Å². The predicted molar refractivity (Wildman–Crippen MR) is 53.9 cm³/mol. The maximum absolute atomic E-state index is 12.8. The van der Waals surface area contributed by atoms with Crippen LogP contribution in [0.3, 0.4) is 0 Å². The van der Waals surface area contributed by atoms with Gasteiger partial charge >= 0.3 is 24.0 Å². The van der Waals surface area contributed by atoms with Crippen molar-refractivity contribution in [2.45, 2.75) is 12.8 Å². The number of hydrogen-bond acceptors (Lipinski definition) is 6. The van der Waals surface area contributed by atoms with Crippen LogP contribution < -0.4 is 4.74 Å². The molecule has 7 nitrogen and oxygen atoms in total. The number of rotatable bonds is 4. The van der Waals surface area contributed by atoms with Crippen molar-refractivity contribution in [1.29, 1.82) is 0 Å². The van der Waals surface area contributed by atoms with E-state index in [1.165, 1.54) is 0 Å². The van der Waals surface area contributed by atoms with Gasteiger partial charge in [0.15, 0.2) is 0 Å². The summed E-state index contributed by atoms with van der Waals surface area (Å²) in [6, 6.07) is 0.188. The smallest absolute Gasteiger partial charge is 0.465 e. The van der Waals surface area contributed by atoms with Crippen molar-refractivity contribution in [3.8, 4) is 5.88 Å². The number of methoxy groups -OCH3 is 1. The lowest BCUT2D eigenvalue weighted by molar-refractivity contribution is -0.391. The van der Waals surface area contributed by atoms with Gasteiger partial charge in [-0.3, -0.25) is 0 Å². The van der Waals surface area contributed by atoms with E-state index >= 15 is 0 Å². The highest BCUT2D eigenvalue weighted by atomic mass is 19.4. The predicted octanol–water partition coefficient (Wildman–Crippen LogP) is 2.61. The second kappa shape index (κ2) is 5.85. The van der Waals surface area contributed by atoms with Crippen LogP contribution in [0.5, 0.6) is 5.88 Å². The second-order valence-corrected chi connectivity index (χ2v) is 3.34. The third-order valence-electron chi connectivity index (χ3n) is 2.03. The molecule has 1 aromatic heterocycles. The number of aromatic nitrogens is 1. The molecule has 0 radical (unpaired) electrons. The molecule has 0 aliphatic heterocycles. The molecule has 0 spiro atoms. The van der Waals surface area contributed by atoms with Crippen LogP contribution in [0.2, 0.25) is 0 Å². The third kappa shape index (κ3) is 3.97. The second-order valence-electron chi connectivity index (χ2n) is 3.34. The SMILES string of the molecule is COC(=O)c1cc(OC(F)(F)F)nc([N+](=O)[O-])c1C(F)F. The minimum atomic E-state index is -5.28. The van der Waals surface area contributed by atoms with E-state index in [2.05, 4.69) is 14.5 Å². The monoisotopic (exact) mass is 316 g/mol. The molecule has 0 fully saturated rings. The van der Waals surface area contributed by atoms with Crippen molar-refractivity contribution < 1.29 is 41.1 Å². The molecule has 0 unspecified atom stereocenters. The molecule has 0 saturated heterocycles. The molecule has 0 aliphatic rings. The van der Waals surface area contributed by atoms with Crippen molar-refractivity contribution in [3.63, 3.8) is 0 Å². The van der Waals surface area contributed by atoms with Crippen LogP contribution in [0.15, 0.2) is 6.07 Å². The minimum Gasteiger partial charge on any atom is -0.465 e. The van der Waals surface area contributed by atoms with Crippen molar-refractivity contribution >= 4 is 11.8 Å². The molecule has 116 valence electrons. The quantitative estimate of drug-likeness (QED) is 0.367. The Balaban J connectivity index is 3.57. The van der Waals surface area contributed by atoms with E-state index in [0.29, 0.717) is 0 Å². The molecular weight excluding hydrogens is 311 g/mol. The van der Waals surface area contributed by atoms with E-state index in [0.717, 1.165) is 7.11 Å². The number of carbonyl (C=O) groups excluding carboxylic acids is 1. The molecule has 0 N–H and O–H groups in total. The first-order valence-electron chi connectivity index (χ1n) is 4.88. The van der Waals surface area contributed by atoms with Gasteiger partial charge in [0.25, 0.3) is 6.43 Å². The highest BCUT2D eigenvalue weighted by molar-refractivity contribution is 5.92. The van der Waals surface area contributed by atoms with Gasteiger partial charge in [-0.05, 0) is 4.92 Å². The summed E-state index contributed by atoms with van der Waals surface area (Å²) in [5.41, 5.74) is -2.60. The summed E-state index contributed by atoms with van der Waals surface area (Å²) in [5.74, 6) is -4.56. The Kier molecular flexibility index (Phi) is 4.60. The summed E-state index contributed by atoms with van der Waals surface area (Å²) in [6.45, 7) is 0. The highest BCUT2D eigenvalue weighted by Crippen LogP contribution is 2.34. The Morgan fingerprint density at radius 1 is 1.43 bits per heavy atom. The van der Waals surface area contributed by atoms with E-state index in [9.17, 15) is 36.9 Å². The van der Waals surface area contributed by atoms with Gasteiger partial charge in [0.1, 0.15) is 5.56 Å². The molecule has 1 aromatic rings. The average molecular weight is 316 g/mol. The van der Waals surface area contributed by atoms with Gasteiger partial charge in [0, 0.05) is 11.1 Å². The maximum Gasteiger partial charge on any atom is 0.575 e. The zero-order valence-electron chi connectivity index (χ0n) is 9.98. The first-order valence-corrected chi connectivity index (χ1v) is 4.88. The Morgan fingerprint density at radius 2 is 2.00 bits per heavy atom. The van der Waals surface area contributed by atoms with Gasteiger partial charge in [-0.25, -0.2) is 13.6 Å². The molecule has 21 heavy (non-hydrogen) atoms. The summed E-state index contributed by atoms with van der Waals surface area (Å²) in [6.07, 6.45) is -8.81. The van der Waals surface area contributed by atoms with Crippen molar-refractivity contribution in [2.75, 3.05) is 7.11 Å². The number of halogens is 5. The standard InChI is InChI=1S/C9H5F5N2O5/c1-20-8(17)3-2-4(21-9(12,13)14)15-7(16(18)19)5(3)6(10)11/h2,6H,1H3. The lowest BCUT2D eigenvalue weighted by atomic mass is 10.1. The van der Waals surface area contributed by atoms with Crippen LogP contribution in [0, 0.1) is 10.1 Å². The summed E-state index contributed by atoms with van der Waals surface area (Å²) < 4.78 is 69.1. The largest absolute Gasteiger partial charge is 0.575 e. The Bertz CT molecular complexity index is 574. The van der Waals surface area contributed by atoms with Gasteiger partial charge in [-0.2, -0.15) is 0 Å². The number of ether oxygens (including phenoxy) is 2. The normalized spacial score (nSPS) is 11.4. The summed E-state index contributed by atoms with van der Waals surface area (Å²) in [7, 11) is 0.758. The van der Waals surface area contributed by atoms with Crippen LogP contribution in [-0.4, -0.2) is 29.3 Å².